The smallest absolute Gasteiger partial charge is 0.257 e. The lowest BCUT2D eigenvalue weighted by atomic mass is 10.1. The normalized spacial score (nSPS) is 14.4. The molecule has 1 amide bonds. The van der Waals surface area contributed by atoms with Gasteiger partial charge in [0, 0.05) is 38.1 Å². The first-order chi connectivity index (χ1) is 15.0. The third kappa shape index (κ3) is 4.99. The lowest BCUT2D eigenvalue weighted by molar-refractivity contribution is 0.0740. The predicted molar refractivity (Wildman–Crippen MR) is 115 cm³/mol. The van der Waals surface area contributed by atoms with E-state index in [1.54, 1.807) is 23.6 Å². The number of carbonyl (C=O) groups excluding carboxylic acids is 1. The molecule has 0 atom stereocenters. The molecule has 170 valence electrons. The summed E-state index contributed by atoms with van der Waals surface area (Å²) in [7, 11) is -3.52. The fraction of sp³-hybridized carbons (Fsp3) is 0.364. The standard InChI is InChI=1S/C22H23F2N3O4S/c1-14(2)31-21-5-4-16(32(3,29)30)12-17(21)22(28)27-8-6-26(7-9-27)15-10-19(23)18(13-25)20(24)11-15/h4-5,10-12,14H,6-9H2,1-3H3. The fourth-order valence-electron chi connectivity index (χ4n) is 3.45. The van der Waals surface area contributed by atoms with Crippen molar-refractivity contribution in [1.29, 1.82) is 5.26 Å². The van der Waals surface area contributed by atoms with Crippen molar-refractivity contribution in [2.75, 3.05) is 37.3 Å². The van der Waals surface area contributed by atoms with Gasteiger partial charge < -0.3 is 14.5 Å². The van der Waals surface area contributed by atoms with E-state index in [0.717, 1.165) is 18.4 Å². The van der Waals surface area contributed by atoms with Crippen molar-refractivity contribution in [3.63, 3.8) is 0 Å². The van der Waals surface area contributed by atoms with Crippen molar-refractivity contribution in [2.24, 2.45) is 0 Å². The summed E-state index contributed by atoms with van der Waals surface area (Å²) in [6, 6.07) is 7.88. The van der Waals surface area contributed by atoms with Crippen molar-refractivity contribution >= 4 is 21.4 Å². The number of ether oxygens (including phenoxy) is 1. The molecule has 1 heterocycles. The van der Waals surface area contributed by atoms with Crippen LogP contribution in [-0.2, 0) is 9.84 Å². The van der Waals surface area contributed by atoms with Crippen LogP contribution in [0.5, 0.6) is 5.75 Å². The lowest BCUT2D eigenvalue weighted by Gasteiger charge is -2.36. The molecule has 1 fully saturated rings. The maximum Gasteiger partial charge on any atom is 0.257 e. The predicted octanol–water partition coefficient (Wildman–Crippen LogP) is 2.99. The Labute approximate surface area is 185 Å². The maximum atomic E-state index is 14.0. The highest BCUT2D eigenvalue weighted by Crippen LogP contribution is 2.27. The summed E-state index contributed by atoms with van der Waals surface area (Å²) in [5.74, 6) is -1.97. The van der Waals surface area contributed by atoms with Gasteiger partial charge in [0.25, 0.3) is 5.91 Å². The highest BCUT2D eigenvalue weighted by Gasteiger charge is 2.27. The van der Waals surface area contributed by atoms with Gasteiger partial charge in [-0.25, -0.2) is 17.2 Å². The topological polar surface area (TPSA) is 90.7 Å². The highest BCUT2D eigenvalue weighted by atomic mass is 32.2. The average Bonchev–Trinajstić information content (AvgIpc) is 2.72. The number of nitrogens with zero attached hydrogens (tertiary/aromatic N) is 3. The van der Waals surface area contributed by atoms with Gasteiger partial charge in [0.1, 0.15) is 29.0 Å². The summed E-state index contributed by atoms with van der Waals surface area (Å²) in [5, 5.41) is 8.82. The van der Waals surface area contributed by atoms with Gasteiger partial charge in [0.05, 0.1) is 16.6 Å². The zero-order valence-electron chi connectivity index (χ0n) is 17.9. The molecule has 1 aliphatic rings. The first-order valence-electron chi connectivity index (χ1n) is 9.95. The average molecular weight is 464 g/mol. The Kier molecular flexibility index (Phi) is 6.69. The molecule has 1 aliphatic heterocycles. The van der Waals surface area contributed by atoms with Crippen molar-refractivity contribution in [3.05, 3.63) is 53.1 Å². The van der Waals surface area contributed by atoms with E-state index in [4.69, 9.17) is 10.00 Å². The first kappa shape index (κ1) is 23.5. The van der Waals surface area contributed by atoms with Crippen LogP contribution in [0.4, 0.5) is 14.5 Å². The van der Waals surface area contributed by atoms with Crippen LogP contribution in [-0.4, -0.2) is 57.8 Å². The summed E-state index contributed by atoms with van der Waals surface area (Å²) >= 11 is 0. The molecule has 0 N–H and O–H groups in total. The molecule has 0 unspecified atom stereocenters. The number of rotatable bonds is 5. The third-order valence-electron chi connectivity index (χ3n) is 5.04. The number of halogens is 2. The minimum absolute atomic E-state index is 0.0131. The SMILES string of the molecule is CC(C)Oc1ccc(S(C)(=O)=O)cc1C(=O)N1CCN(c2cc(F)c(C#N)c(F)c2)CC1. The molecule has 0 radical (unpaired) electrons. The van der Waals surface area contributed by atoms with E-state index in [0.29, 0.717) is 13.1 Å². The zero-order valence-corrected chi connectivity index (χ0v) is 18.7. The minimum Gasteiger partial charge on any atom is -0.490 e. The minimum atomic E-state index is -3.52. The number of sulfone groups is 1. The number of nitriles is 1. The number of piperazine rings is 1. The Bertz CT molecular complexity index is 1160. The molecule has 3 rings (SSSR count). The second kappa shape index (κ2) is 9.12. The van der Waals surface area contributed by atoms with Gasteiger partial charge in [-0.1, -0.05) is 0 Å². The summed E-state index contributed by atoms with van der Waals surface area (Å²) in [6.45, 7) is 4.73. The molecule has 0 aliphatic carbocycles. The molecule has 0 bridgehead atoms. The molecule has 0 aromatic heterocycles. The van der Waals surface area contributed by atoms with Crippen LogP contribution < -0.4 is 9.64 Å². The Morgan fingerprint density at radius 1 is 1.09 bits per heavy atom. The van der Waals surface area contributed by atoms with Crippen molar-refractivity contribution in [2.45, 2.75) is 24.8 Å². The van der Waals surface area contributed by atoms with Gasteiger partial charge in [-0.2, -0.15) is 5.26 Å². The number of hydrogen-bond donors (Lipinski definition) is 0. The van der Waals surface area contributed by atoms with E-state index < -0.39 is 27.0 Å². The molecule has 32 heavy (non-hydrogen) atoms. The van der Waals surface area contributed by atoms with Crippen LogP contribution in [0, 0.1) is 23.0 Å². The number of carbonyl (C=O) groups is 1. The summed E-state index contributed by atoms with van der Waals surface area (Å²) in [6.07, 6.45) is 0.845. The first-order valence-corrected chi connectivity index (χ1v) is 11.8. The highest BCUT2D eigenvalue weighted by molar-refractivity contribution is 7.90. The van der Waals surface area contributed by atoms with Crippen LogP contribution in [0.2, 0.25) is 0 Å². The molecule has 1 saturated heterocycles. The Morgan fingerprint density at radius 2 is 1.69 bits per heavy atom. The molecule has 0 saturated carbocycles. The van der Waals surface area contributed by atoms with Crippen LogP contribution in [0.15, 0.2) is 35.2 Å². The monoisotopic (exact) mass is 463 g/mol. The zero-order chi connectivity index (χ0) is 23.6. The maximum absolute atomic E-state index is 14.0. The van der Waals surface area contributed by atoms with Crippen molar-refractivity contribution in [1.82, 2.24) is 4.90 Å². The van der Waals surface area contributed by atoms with E-state index in [2.05, 4.69) is 0 Å². The molecule has 2 aromatic carbocycles. The molecular formula is C22H23F2N3O4S. The molecule has 0 spiro atoms. The number of benzene rings is 2. The fourth-order valence-corrected chi connectivity index (χ4v) is 4.10. The van der Waals surface area contributed by atoms with E-state index >= 15 is 0 Å². The van der Waals surface area contributed by atoms with E-state index in [1.165, 1.54) is 24.3 Å². The number of amides is 1. The van der Waals surface area contributed by atoms with Gasteiger partial charge in [-0.15, -0.1) is 0 Å². The van der Waals surface area contributed by atoms with Crippen LogP contribution >= 0.6 is 0 Å². The summed E-state index contributed by atoms with van der Waals surface area (Å²) < 4.78 is 57.5. The summed E-state index contributed by atoms with van der Waals surface area (Å²) in [4.78, 5) is 16.5. The molecular weight excluding hydrogens is 440 g/mol. The Hall–Kier alpha value is -3.19. The lowest BCUT2D eigenvalue weighted by Crippen LogP contribution is -2.49. The van der Waals surface area contributed by atoms with Gasteiger partial charge >= 0.3 is 0 Å². The molecule has 2 aromatic rings. The largest absolute Gasteiger partial charge is 0.490 e. The number of anilines is 1. The van der Waals surface area contributed by atoms with Crippen molar-refractivity contribution in [3.8, 4) is 11.8 Å². The Balaban J connectivity index is 1.81. The second-order valence-electron chi connectivity index (χ2n) is 7.77. The van der Waals surface area contributed by atoms with E-state index in [9.17, 15) is 22.0 Å². The van der Waals surface area contributed by atoms with Crippen molar-refractivity contribution < 1.29 is 26.7 Å². The van der Waals surface area contributed by atoms with Crippen LogP contribution in [0.1, 0.15) is 29.8 Å². The summed E-state index contributed by atoms with van der Waals surface area (Å²) in [5.41, 5.74) is -0.203. The van der Waals surface area contributed by atoms with Gasteiger partial charge in [0.2, 0.25) is 0 Å². The third-order valence-corrected chi connectivity index (χ3v) is 6.15. The quantitative estimate of drug-likeness (QED) is 0.677. The van der Waals surface area contributed by atoms with Crippen LogP contribution in [0.3, 0.4) is 0 Å². The second-order valence-corrected chi connectivity index (χ2v) is 9.79. The van der Waals surface area contributed by atoms with E-state index in [1.807, 2.05) is 0 Å². The molecule has 7 nitrogen and oxygen atoms in total. The van der Waals surface area contributed by atoms with Gasteiger partial charge in [-0.3, -0.25) is 4.79 Å². The van der Waals surface area contributed by atoms with Crippen LogP contribution in [0.25, 0.3) is 0 Å². The molecule has 10 heteroatoms. The number of hydrogen-bond acceptors (Lipinski definition) is 6. The van der Waals surface area contributed by atoms with E-state index in [-0.39, 0.29) is 47.0 Å². The van der Waals surface area contributed by atoms with Gasteiger partial charge in [-0.05, 0) is 44.2 Å². The van der Waals surface area contributed by atoms with Gasteiger partial charge in [0.15, 0.2) is 9.84 Å². The Morgan fingerprint density at radius 3 is 2.19 bits per heavy atom.